The Labute approximate surface area is 269 Å². The van der Waals surface area contributed by atoms with Crippen molar-refractivity contribution in [3.8, 4) is 11.5 Å². The average Bonchev–Trinajstić information content (AvgIpc) is 3.05. The molecular formula is C32H34N4O11. The number of phenols is 1. The predicted molar refractivity (Wildman–Crippen MR) is 167 cm³/mol. The lowest BCUT2D eigenvalue weighted by Crippen LogP contribution is -2.49. The highest BCUT2D eigenvalue weighted by Gasteiger charge is 2.30. The summed E-state index contributed by atoms with van der Waals surface area (Å²) in [6, 6.07) is 14.4. The zero-order valence-corrected chi connectivity index (χ0v) is 25.5. The van der Waals surface area contributed by atoms with Gasteiger partial charge in [0.05, 0.1) is 25.0 Å². The van der Waals surface area contributed by atoms with Gasteiger partial charge in [0, 0.05) is 25.7 Å². The molecule has 1 atom stereocenters. The van der Waals surface area contributed by atoms with E-state index in [1.807, 2.05) is 0 Å². The van der Waals surface area contributed by atoms with E-state index in [0.29, 0.717) is 18.4 Å². The molecular weight excluding hydrogens is 616 g/mol. The minimum absolute atomic E-state index is 0.0208. The number of nitrogens with zero attached hydrogens (tertiary/aromatic N) is 2. The molecule has 0 aliphatic rings. The van der Waals surface area contributed by atoms with Crippen molar-refractivity contribution in [1.82, 2.24) is 10.2 Å². The van der Waals surface area contributed by atoms with Crippen LogP contribution in [0.15, 0.2) is 66.7 Å². The molecule has 0 fully saturated rings. The summed E-state index contributed by atoms with van der Waals surface area (Å²) in [5, 5.41) is 31.5. The summed E-state index contributed by atoms with van der Waals surface area (Å²) in [6.45, 7) is 0.151. The molecule has 0 spiro atoms. The van der Waals surface area contributed by atoms with Gasteiger partial charge in [0.25, 0.3) is 5.91 Å². The Morgan fingerprint density at radius 1 is 0.915 bits per heavy atom. The summed E-state index contributed by atoms with van der Waals surface area (Å²) in [5.74, 6) is -6.01. The molecule has 4 amide bonds. The number of rotatable bonds is 14. The Kier molecular flexibility index (Phi) is 12.2. The molecule has 248 valence electrons. The zero-order valence-electron chi connectivity index (χ0n) is 25.5. The van der Waals surface area contributed by atoms with Crippen molar-refractivity contribution < 1.29 is 53.6 Å². The number of carboxylic acids is 2. The molecule has 0 bridgehead atoms. The first kappa shape index (κ1) is 35.4. The van der Waals surface area contributed by atoms with Gasteiger partial charge in [-0.25, -0.2) is 14.4 Å². The number of hydrogen-bond donors (Lipinski definition) is 5. The molecule has 6 N–H and O–H groups in total. The topological polar surface area (TPSA) is 226 Å². The van der Waals surface area contributed by atoms with Gasteiger partial charge in [-0.1, -0.05) is 30.3 Å². The summed E-state index contributed by atoms with van der Waals surface area (Å²) in [7, 11) is 2.57. The minimum Gasteiger partial charge on any atom is -0.507 e. The van der Waals surface area contributed by atoms with E-state index in [2.05, 4.69) is 5.32 Å². The lowest BCUT2D eigenvalue weighted by molar-refractivity contribution is -0.148. The number of hydrogen-bond acceptors (Lipinski definition) is 9. The number of benzene rings is 3. The summed E-state index contributed by atoms with van der Waals surface area (Å²) in [4.78, 5) is 75.3. The van der Waals surface area contributed by atoms with E-state index in [0.717, 1.165) is 16.9 Å². The largest absolute Gasteiger partial charge is 0.507 e. The maximum Gasteiger partial charge on any atom is 0.410 e. The number of aromatic hydroxyl groups is 1. The van der Waals surface area contributed by atoms with Crippen molar-refractivity contribution in [2.24, 2.45) is 5.73 Å². The van der Waals surface area contributed by atoms with Crippen LogP contribution in [0.5, 0.6) is 11.5 Å². The quantitative estimate of drug-likeness (QED) is 0.126. The van der Waals surface area contributed by atoms with Gasteiger partial charge in [0.1, 0.15) is 23.1 Å². The third-order valence-electron chi connectivity index (χ3n) is 7.01. The zero-order chi connectivity index (χ0) is 34.7. The number of unbranched alkanes of at least 4 members (excludes halogenated alkanes) is 1. The molecule has 0 unspecified atom stereocenters. The molecule has 47 heavy (non-hydrogen) atoms. The molecule has 3 aromatic rings. The first-order valence-electron chi connectivity index (χ1n) is 14.2. The van der Waals surface area contributed by atoms with E-state index < -0.39 is 41.8 Å². The van der Waals surface area contributed by atoms with E-state index in [-0.39, 0.29) is 53.6 Å². The maximum atomic E-state index is 12.7. The van der Waals surface area contributed by atoms with Gasteiger partial charge < -0.3 is 35.8 Å². The van der Waals surface area contributed by atoms with Crippen LogP contribution in [0, 0.1) is 0 Å². The van der Waals surface area contributed by atoms with Gasteiger partial charge in [-0.15, -0.1) is 0 Å². The van der Waals surface area contributed by atoms with E-state index in [1.165, 1.54) is 73.8 Å². The Morgan fingerprint density at radius 2 is 1.60 bits per heavy atom. The highest BCUT2D eigenvalue weighted by molar-refractivity contribution is 6.39. The van der Waals surface area contributed by atoms with Crippen LogP contribution in [0.1, 0.15) is 39.1 Å². The highest BCUT2D eigenvalue weighted by atomic mass is 16.5. The fourth-order valence-corrected chi connectivity index (χ4v) is 4.73. The van der Waals surface area contributed by atoms with Gasteiger partial charge in [0.15, 0.2) is 0 Å². The lowest BCUT2D eigenvalue weighted by Gasteiger charge is -2.29. The molecule has 0 aliphatic heterocycles. The first-order chi connectivity index (χ1) is 22.4. The Bertz CT molecular complexity index is 1640. The van der Waals surface area contributed by atoms with Crippen molar-refractivity contribution in [3.63, 3.8) is 0 Å². The van der Waals surface area contributed by atoms with Crippen LogP contribution in [0.2, 0.25) is 0 Å². The van der Waals surface area contributed by atoms with Crippen molar-refractivity contribution in [2.45, 2.75) is 25.3 Å². The van der Waals surface area contributed by atoms with Gasteiger partial charge in [-0.05, 0) is 54.8 Å². The van der Waals surface area contributed by atoms with Gasteiger partial charge in [-0.3, -0.25) is 24.2 Å². The normalized spacial score (nSPS) is 11.1. The maximum absolute atomic E-state index is 12.7. The highest BCUT2D eigenvalue weighted by Crippen LogP contribution is 2.30. The van der Waals surface area contributed by atoms with Crippen LogP contribution in [0.4, 0.5) is 16.2 Å². The summed E-state index contributed by atoms with van der Waals surface area (Å²) in [5.41, 5.74) is 5.72. The third kappa shape index (κ3) is 8.75. The number of para-hydroxylation sites is 1. The number of nitrogens with two attached hydrogens (primary N) is 1. The second-order valence-electron chi connectivity index (χ2n) is 10.0. The minimum atomic E-state index is -1.81. The van der Waals surface area contributed by atoms with Crippen molar-refractivity contribution in [3.05, 3.63) is 83.4 Å². The Morgan fingerprint density at radius 3 is 2.19 bits per heavy atom. The smallest absolute Gasteiger partial charge is 0.410 e. The van der Waals surface area contributed by atoms with Crippen LogP contribution in [-0.2, 0) is 25.5 Å². The van der Waals surface area contributed by atoms with Crippen molar-refractivity contribution >= 4 is 47.1 Å². The molecule has 15 nitrogen and oxygen atoms in total. The van der Waals surface area contributed by atoms with Crippen LogP contribution >= 0.6 is 0 Å². The number of carbonyl (C=O) groups excluding carboxylic acids is 4. The molecule has 0 heterocycles. The molecule has 0 saturated heterocycles. The second-order valence-corrected chi connectivity index (χ2v) is 10.0. The molecule has 0 radical (unpaired) electrons. The Hall–Kier alpha value is -6.12. The van der Waals surface area contributed by atoms with E-state index in [9.17, 15) is 44.1 Å². The second kappa shape index (κ2) is 16.3. The SMILES string of the molecule is CNC(=O)c1c(O)cccc1OCCCCN(C(=O)OC)[C@@H](Cc1ccc(N(C(=O)C(=O)O)c2ccccc2C(=O)O)cc1)C(N)=O. The number of phenolic OH excluding ortho intramolecular Hbond substituents is 1. The van der Waals surface area contributed by atoms with Crippen molar-refractivity contribution in [2.75, 3.05) is 32.2 Å². The van der Waals surface area contributed by atoms with Gasteiger partial charge in [-0.2, -0.15) is 0 Å². The Balaban J connectivity index is 1.76. The van der Waals surface area contributed by atoms with E-state index in [4.69, 9.17) is 15.2 Å². The van der Waals surface area contributed by atoms with Crippen LogP contribution in [-0.4, -0.2) is 89.3 Å². The number of primary amides is 1. The first-order valence-corrected chi connectivity index (χ1v) is 14.2. The fraction of sp³-hybridized carbons (Fsp3) is 0.250. The third-order valence-corrected chi connectivity index (χ3v) is 7.01. The molecule has 15 heteroatoms. The monoisotopic (exact) mass is 650 g/mol. The lowest BCUT2D eigenvalue weighted by atomic mass is 10.0. The summed E-state index contributed by atoms with van der Waals surface area (Å²) in [6.07, 6.45) is -0.175. The number of aliphatic carboxylic acids is 1. The number of carbonyl (C=O) groups is 6. The summed E-state index contributed by atoms with van der Waals surface area (Å²) >= 11 is 0. The standard InChI is InChI=1S/C32H34N4O11/c1-34-28(39)26-24(37)10-7-11-25(26)47-17-6-5-16-35(32(45)46-2)23(27(33)38)18-19-12-14-20(15-13-19)36(29(40)31(43)44)22-9-4-3-8-21(22)30(41)42/h3-4,7-15,23,37H,5-6,16-18H2,1-2H3,(H2,33,38)(H,34,39)(H,41,42)(H,43,44)/t23-/m0/s1. The number of amides is 4. The number of nitrogens with one attached hydrogen (secondary N) is 1. The summed E-state index contributed by atoms with van der Waals surface area (Å²) < 4.78 is 10.6. The average molecular weight is 651 g/mol. The molecule has 0 saturated carbocycles. The number of anilines is 2. The van der Waals surface area contributed by atoms with Gasteiger partial charge >= 0.3 is 23.9 Å². The van der Waals surface area contributed by atoms with Gasteiger partial charge in [0.2, 0.25) is 5.91 Å². The molecule has 3 aromatic carbocycles. The van der Waals surface area contributed by atoms with Crippen LogP contribution in [0.3, 0.4) is 0 Å². The van der Waals surface area contributed by atoms with E-state index >= 15 is 0 Å². The number of carboxylic acid groups (broad SMARTS) is 2. The molecule has 0 aliphatic carbocycles. The van der Waals surface area contributed by atoms with Crippen molar-refractivity contribution in [1.29, 1.82) is 0 Å². The van der Waals surface area contributed by atoms with Crippen LogP contribution < -0.4 is 20.7 Å². The fourth-order valence-electron chi connectivity index (χ4n) is 4.73. The van der Waals surface area contributed by atoms with Crippen LogP contribution in [0.25, 0.3) is 0 Å². The molecule has 0 aromatic heterocycles. The number of ether oxygens (including phenoxy) is 2. The van der Waals surface area contributed by atoms with E-state index in [1.54, 1.807) is 0 Å². The number of methoxy groups -OCH3 is 1. The molecule has 3 rings (SSSR count). The predicted octanol–water partition coefficient (Wildman–Crippen LogP) is 2.52. The number of aromatic carboxylic acids is 1.